The zero-order valence-corrected chi connectivity index (χ0v) is 14.5. The Kier molecular flexibility index (Phi) is 3.45. The summed E-state index contributed by atoms with van der Waals surface area (Å²) in [5, 5.41) is 2.60. The van der Waals surface area contributed by atoms with E-state index >= 15 is 0 Å². The molecule has 132 valence electrons. The summed E-state index contributed by atoms with van der Waals surface area (Å²) in [6, 6.07) is 7.40. The van der Waals surface area contributed by atoms with Crippen LogP contribution < -0.4 is 0 Å². The lowest BCUT2D eigenvalue weighted by atomic mass is 9.94. The standard InChI is InChI=1S/C20H16F3N3/c1-19(2,3)18-25-10-15-16-13(5-4-8-24-16)12-7-6-11(20(21,22)23)9-14(12)17(15)26-18/h4-10H,1-3H3. The predicted molar refractivity (Wildman–Crippen MR) is 96.0 cm³/mol. The van der Waals surface area contributed by atoms with Crippen molar-refractivity contribution in [3.05, 3.63) is 54.1 Å². The number of rotatable bonds is 0. The number of fused-ring (bicyclic) bond motifs is 6. The van der Waals surface area contributed by atoms with Crippen LogP contribution in [0, 0.1) is 0 Å². The molecular weight excluding hydrogens is 339 g/mol. The van der Waals surface area contributed by atoms with Gasteiger partial charge in [-0.1, -0.05) is 32.9 Å². The highest BCUT2D eigenvalue weighted by molar-refractivity contribution is 6.22. The van der Waals surface area contributed by atoms with Crippen LogP contribution in [0.15, 0.2) is 42.7 Å². The number of aromatic nitrogens is 3. The molecule has 4 aromatic rings. The minimum Gasteiger partial charge on any atom is -0.255 e. The van der Waals surface area contributed by atoms with Gasteiger partial charge in [0.15, 0.2) is 0 Å². The number of benzene rings is 2. The van der Waals surface area contributed by atoms with Crippen LogP contribution in [-0.2, 0) is 11.6 Å². The molecule has 6 heteroatoms. The van der Waals surface area contributed by atoms with E-state index in [1.54, 1.807) is 18.5 Å². The van der Waals surface area contributed by atoms with Gasteiger partial charge in [-0.15, -0.1) is 0 Å². The van der Waals surface area contributed by atoms with Crippen LogP contribution in [0.3, 0.4) is 0 Å². The Labute approximate surface area is 147 Å². The summed E-state index contributed by atoms with van der Waals surface area (Å²) in [5.74, 6) is 0.582. The van der Waals surface area contributed by atoms with Gasteiger partial charge >= 0.3 is 6.18 Å². The molecule has 0 aliphatic rings. The van der Waals surface area contributed by atoms with Gasteiger partial charge in [0.2, 0.25) is 0 Å². The molecule has 2 heterocycles. The lowest BCUT2D eigenvalue weighted by molar-refractivity contribution is -0.137. The van der Waals surface area contributed by atoms with E-state index in [-0.39, 0.29) is 5.41 Å². The molecule has 2 aromatic carbocycles. The first-order valence-corrected chi connectivity index (χ1v) is 8.21. The minimum atomic E-state index is -4.41. The second-order valence-electron chi connectivity index (χ2n) is 7.36. The van der Waals surface area contributed by atoms with E-state index in [9.17, 15) is 13.2 Å². The van der Waals surface area contributed by atoms with Crippen molar-refractivity contribution in [1.82, 2.24) is 15.0 Å². The highest BCUT2D eigenvalue weighted by Gasteiger charge is 2.31. The Hall–Kier alpha value is -2.76. The van der Waals surface area contributed by atoms with E-state index in [0.717, 1.165) is 11.5 Å². The SMILES string of the molecule is CC(C)(C)c1ncc2c3ncccc3c3ccc(C(F)(F)F)cc3c2n1. The summed E-state index contributed by atoms with van der Waals surface area (Å²) in [6.45, 7) is 5.91. The van der Waals surface area contributed by atoms with E-state index in [4.69, 9.17) is 0 Å². The van der Waals surface area contributed by atoms with Crippen LogP contribution in [0.4, 0.5) is 13.2 Å². The molecule has 4 rings (SSSR count). The predicted octanol–water partition coefficient (Wildman–Crippen LogP) is 5.65. The molecule has 0 aliphatic heterocycles. The van der Waals surface area contributed by atoms with Crippen molar-refractivity contribution in [2.45, 2.75) is 32.4 Å². The molecule has 26 heavy (non-hydrogen) atoms. The van der Waals surface area contributed by atoms with E-state index in [2.05, 4.69) is 15.0 Å². The largest absolute Gasteiger partial charge is 0.416 e. The maximum absolute atomic E-state index is 13.3. The number of alkyl halides is 3. The molecule has 0 bridgehead atoms. The molecule has 2 aromatic heterocycles. The first-order valence-electron chi connectivity index (χ1n) is 8.21. The second kappa shape index (κ2) is 5.37. The molecule has 0 spiro atoms. The molecule has 0 radical (unpaired) electrons. The molecule has 0 amide bonds. The number of halogens is 3. The van der Waals surface area contributed by atoms with Crippen molar-refractivity contribution in [3.8, 4) is 0 Å². The summed E-state index contributed by atoms with van der Waals surface area (Å²) in [6.07, 6.45) is -1.09. The average Bonchev–Trinajstić information content (AvgIpc) is 2.59. The maximum Gasteiger partial charge on any atom is 0.416 e. The molecule has 0 aliphatic carbocycles. The number of pyridine rings is 1. The monoisotopic (exact) mass is 355 g/mol. The third kappa shape index (κ3) is 2.57. The quantitative estimate of drug-likeness (QED) is 0.383. The van der Waals surface area contributed by atoms with Crippen molar-refractivity contribution in [2.24, 2.45) is 0 Å². The molecule has 0 saturated carbocycles. The Balaban J connectivity index is 2.23. The fraction of sp³-hybridized carbons (Fsp3) is 0.250. The first-order chi connectivity index (χ1) is 12.2. The summed E-state index contributed by atoms with van der Waals surface area (Å²) >= 11 is 0. The van der Waals surface area contributed by atoms with Gasteiger partial charge in [0.25, 0.3) is 0 Å². The van der Waals surface area contributed by atoms with Crippen molar-refractivity contribution in [3.63, 3.8) is 0 Å². The highest BCUT2D eigenvalue weighted by atomic mass is 19.4. The topological polar surface area (TPSA) is 38.7 Å². The van der Waals surface area contributed by atoms with Crippen molar-refractivity contribution in [1.29, 1.82) is 0 Å². The van der Waals surface area contributed by atoms with Crippen molar-refractivity contribution in [2.75, 3.05) is 0 Å². The lowest BCUT2D eigenvalue weighted by Crippen LogP contribution is -2.15. The van der Waals surface area contributed by atoms with E-state index in [0.29, 0.717) is 33.0 Å². The van der Waals surface area contributed by atoms with Crippen LogP contribution in [0.5, 0.6) is 0 Å². The van der Waals surface area contributed by atoms with Crippen LogP contribution >= 0.6 is 0 Å². The van der Waals surface area contributed by atoms with Crippen LogP contribution in [0.25, 0.3) is 32.6 Å². The molecule has 0 fully saturated rings. The average molecular weight is 355 g/mol. The molecule has 0 unspecified atom stereocenters. The zero-order chi connectivity index (χ0) is 18.7. The van der Waals surface area contributed by atoms with Crippen molar-refractivity contribution >= 4 is 32.6 Å². The van der Waals surface area contributed by atoms with Gasteiger partial charge in [-0.2, -0.15) is 13.2 Å². The first kappa shape index (κ1) is 16.7. The number of hydrogen-bond donors (Lipinski definition) is 0. The van der Waals surface area contributed by atoms with Gasteiger partial charge in [-0.05, 0) is 23.6 Å². The fourth-order valence-corrected chi connectivity index (χ4v) is 3.11. The van der Waals surface area contributed by atoms with Gasteiger partial charge in [0, 0.05) is 34.0 Å². The Morgan fingerprint density at radius 2 is 1.58 bits per heavy atom. The third-order valence-electron chi connectivity index (χ3n) is 4.41. The molecule has 0 saturated heterocycles. The Bertz CT molecular complexity index is 1070. The van der Waals surface area contributed by atoms with Gasteiger partial charge in [-0.3, -0.25) is 4.98 Å². The normalized spacial score (nSPS) is 13.0. The minimum absolute atomic E-state index is 0.318. The van der Waals surface area contributed by atoms with Crippen LogP contribution in [0.1, 0.15) is 32.2 Å². The molecule has 0 N–H and O–H groups in total. The van der Waals surface area contributed by atoms with Gasteiger partial charge in [0.1, 0.15) is 5.82 Å². The molecule has 0 atom stereocenters. The lowest BCUT2D eigenvalue weighted by Gasteiger charge is -2.18. The molecular formula is C20H16F3N3. The summed E-state index contributed by atoms with van der Waals surface area (Å²) < 4.78 is 39.8. The summed E-state index contributed by atoms with van der Waals surface area (Å²) in [7, 11) is 0. The van der Waals surface area contributed by atoms with Crippen LogP contribution in [-0.4, -0.2) is 15.0 Å². The molecule has 3 nitrogen and oxygen atoms in total. The number of nitrogens with zero attached hydrogens (tertiary/aromatic N) is 3. The Morgan fingerprint density at radius 1 is 0.808 bits per heavy atom. The van der Waals surface area contributed by atoms with E-state index in [1.807, 2.05) is 26.8 Å². The highest BCUT2D eigenvalue weighted by Crippen LogP contribution is 2.37. The fourth-order valence-electron chi connectivity index (χ4n) is 3.11. The van der Waals surface area contributed by atoms with Gasteiger partial charge < -0.3 is 0 Å². The summed E-state index contributed by atoms with van der Waals surface area (Å²) in [5.41, 5.74) is 0.180. The van der Waals surface area contributed by atoms with E-state index in [1.165, 1.54) is 12.1 Å². The maximum atomic E-state index is 13.3. The third-order valence-corrected chi connectivity index (χ3v) is 4.41. The number of hydrogen-bond acceptors (Lipinski definition) is 3. The Morgan fingerprint density at radius 3 is 2.27 bits per heavy atom. The van der Waals surface area contributed by atoms with Crippen LogP contribution in [0.2, 0.25) is 0 Å². The second-order valence-corrected chi connectivity index (χ2v) is 7.36. The van der Waals surface area contributed by atoms with Gasteiger partial charge in [0.05, 0.1) is 16.6 Å². The smallest absolute Gasteiger partial charge is 0.255 e. The van der Waals surface area contributed by atoms with Crippen molar-refractivity contribution < 1.29 is 13.2 Å². The van der Waals surface area contributed by atoms with E-state index < -0.39 is 11.7 Å². The summed E-state index contributed by atoms with van der Waals surface area (Å²) in [4.78, 5) is 13.5. The zero-order valence-electron chi connectivity index (χ0n) is 14.5. The van der Waals surface area contributed by atoms with Gasteiger partial charge in [-0.25, -0.2) is 9.97 Å².